The summed E-state index contributed by atoms with van der Waals surface area (Å²) in [6.45, 7) is 2.27. The monoisotopic (exact) mass is 251 g/mol. The summed E-state index contributed by atoms with van der Waals surface area (Å²) < 4.78 is 1.36. The molecule has 1 heterocycles. The molecule has 0 N–H and O–H groups in total. The van der Waals surface area contributed by atoms with Crippen molar-refractivity contribution in [3.63, 3.8) is 0 Å². The molecule has 16 heavy (non-hydrogen) atoms. The van der Waals surface area contributed by atoms with E-state index in [4.69, 9.17) is 0 Å². The van der Waals surface area contributed by atoms with Crippen molar-refractivity contribution in [2.24, 2.45) is 11.8 Å². The lowest BCUT2D eigenvalue weighted by atomic mass is 9.81. The lowest BCUT2D eigenvalue weighted by molar-refractivity contribution is 0.317. The third-order valence-electron chi connectivity index (χ3n) is 3.41. The highest BCUT2D eigenvalue weighted by atomic mass is 32.2. The fraction of sp³-hybridized carbons (Fsp3) is 0.615. The minimum atomic E-state index is 0.259. The maximum Gasteiger partial charge on any atom is 0.0667 e. The van der Waals surface area contributed by atoms with Crippen LogP contribution in [0.1, 0.15) is 32.6 Å². The molecule has 0 amide bonds. The van der Waals surface area contributed by atoms with Crippen LogP contribution >= 0.6 is 23.1 Å². The van der Waals surface area contributed by atoms with Gasteiger partial charge in [-0.2, -0.15) is 5.26 Å². The first-order valence-electron chi connectivity index (χ1n) is 5.93. The molecule has 0 bridgehead atoms. The van der Waals surface area contributed by atoms with Crippen molar-refractivity contribution < 1.29 is 0 Å². The molecule has 3 unspecified atom stereocenters. The van der Waals surface area contributed by atoms with Gasteiger partial charge in [-0.15, -0.1) is 23.1 Å². The Bertz CT molecular complexity index is 353. The van der Waals surface area contributed by atoms with Gasteiger partial charge in [-0.1, -0.05) is 19.4 Å². The maximum absolute atomic E-state index is 9.19. The van der Waals surface area contributed by atoms with Gasteiger partial charge in [-0.25, -0.2) is 0 Å². The smallest absolute Gasteiger partial charge is 0.0667 e. The van der Waals surface area contributed by atoms with Gasteiger partial charge in [0.1, 0.15) is 0 Å². The van der Waals surface area contributed by atoms with Gasteiger partial charge < -0.3 is 0 Å². The number of rotatable bonds is 3. The second-order valence-electron chi connectivity index (χ2n) is 4.41. The molecule has 2 rings (SSSR count). The first-order chi connectivity index (χ1) is 7.83. The van der Waals surface area contributed by atoms with E-state index >= 15 is 0 Å². The van der Waals surface area contributed by atoms with Crippen LogP contribution in [-0.4, -0.2) is 5.25 Å². The summed E-state index contributed by atoms with van der Waals surface area (Å²) in [7, 11) is 0. The number of thiophene rings is 1. The number of hydrogen-bond donors (Lipinski definition) is 0. The van der Waals surface area contributed by atoms with Crippen molar-refractivity contribution in [1.29, 1.82) is 5.26 Å². The lowest BCUT2D eigenvalue weighted by Gasteiger charge is -2.31. The molecule has 1 aromatic heterocycles. The molecule has 0 saturated heterocycles. The van der Waals surface area contributed by atoms with Gasteiger partial charge in [0.05, 0.1) is 16.2 Å². The van der Waals surface area contributed by atoms with Crippen LogP contribution in [0.3, 0.4) is 0 Å². The fourth-order valence-electron chi connectivity index (χ4n) is 2.34. The van der Waals surface area contributed by atoms with Crippen LogP contribution in [0.4, 0.5) is 0 Å². The second kappa shape index (κ2) is 5.75. The fourth-order valence-corrected chi connectivity index (χ4v) is 4.73. The topological polar surface area (TPSA) is 23.8 Å². The zero-order valence-corrected chi connectivity index (χ0v) is 11.2. The standard InChI is InChI=1S/C13H17NS2/c1-2-10-5-6-11(9-14)12(8-10)16-13-4-3-7-15-13/h3-4,7,10-12H,2,5-6,8H2,1H3. The minimum absolute atomic E-state index is 0.259. The largest absolute Gasteiger partial charge is 0.198 e. The highest BCUT2D eigenvalue weighted by molar-refractivity contribution is 8.01. The molecule has 1 aliphatic rings. The van der Waals surface area contributed by atoms with Gasteiger partial charge in [0.25, 0.3) is 0 Å². The van der Waals surface area contributed by atoms with E-state index in [1.54, 1.807) is 11.3 Å². The van der Waals surface area contributed by atoms with Crippen LogP contribution in [0.5, 0.6) is 0 Å². The van der Waals surface area contributed by atoms with Gasteiger partial charge in [0.2, 0.25) is 0 Å². The van der Waals surface area contributed by atoms with Gasteiger partial charge >= 0.3 is 0 Å². The summed E-state index contributed by atoms with van der Waals surface area (Å²) in [5, 5.41) is 11.8. The Balaban J connectivity index is 2.01. The Hall–Kier alpha value is -0.460. The van der Waals surface area contributed by atoms with E-state index in [-0.39, 0.29) is 5.92 Å². The average Bonchev–Trinajstić information content (AvgIpc) is 2.82. The average molecular weight is 251 g/mol. The van der Waals surface area contributed by atoms with E-state index in [1.807, 2.05) is 11.8 Å². The molecule has 0 spiro atoms. The zero-order chi connectivity index (χ0) is 11.4. The van der Waals surface area contributed by atoms with Crippen molar-refractivity contribution in [3.8, 4) is 6.07 Å². The van der Waals surface area contributed by atoms with E-state index < -0.39 is 0 Å². The normalized spacial score (nSPS) is 29.9. The van der Waals surface area contributed by atoms with Crippen LogP contribution in [-0.2, 0) is 0 Å². The summed E-state index contributed by atoms with van der Waals surface area (Å²) in [6, 6.07) is 6.75. The first-order valence-corrected chi connectivity index (χ1v) is 7.69. The third kappa shape index (κ3) is 2.81. The minimum Gasteiger partial charge on any atom is -0.198 e. The van der Waals surface area contributed by atoms with Crippen LogP contribution in [0.2, 0.25) is 0 Å². The molecule has 0 aromatic carbocycles. The van der Waals surface area contributed by atoms with Crippen LogP contribution in [0.25, 0.3) is 0 Å². The quantitative estimate of drug-likeness (QED) is 0.786. The highest BCUT2D eigenvalue weighted by Gasteiger charge is 2.30. The van der Waals surface area contributed by atoms with E-state index in [0.29, 0.717) is 5.25 Å². The summed E-state index contributed by atoms with van der Waals surface area (Å²) >= 11 is 3.71. The molecule has 0 radical (unpaired) electrons. The van der Waals surface area contributed by atoms with Gasteiger partial charge in [0.15, 0.2) is 0 Å². The Morgan fingerprint density at radius 3 is 3.06 bits per heavy atom. The van der Waals surface area contributed by atoms with E-state index in [0.717, 1.165) is 12.3 Å². The Labute approximate surface area is 106 Å². The van der Waals surface area contributed by atoms with Gasteiger partial charge in [-0.05, 0) is 36.6 Å². The first kappa shape index (κ1) is 12.0. The molecule has 3 heteroatoms. The highest BCUT2D eigenvalue weighted by Crippen LogP contribution is 2.41. The predicted octanol–water partition coefficient (Wildman–Crippen LogP) is 4.56. The molecule has 0 aliphatic heterocycles. The Morgan fingerprint density at radius 1 is 1.56 bits per heavy atom. The van der Waals surface area contributed by atoms with Gasteiger partial charge in [0, 0.05) is 5.25 Å². The Morgan fingerprint density at radius 2 is 2.44 bits per heavy atom. The zero-order valence-electron chi connectivity index (χ0n) is 9.56. The summed E-state index contributed by atoms with van der Waals surface area (Å²) in [6.07, 6.45) is 4.82. The second-order valence-corrected chi connectivity index (χ2v) is 6.90. The molecule has 1 aliphatic carbocycles. The van der Waals surface area contributed by atoms with E-state index in [1.165, 1.54) is 23.5 Å². The molecule has 86 valence electrons. The SMILES string of the molecule is CCC1CCC(C#N)C(Sc2cccs2)C1. The third-order valence-corrected chi connectivity index (χ3v) is 5.84. The Kier molecular flexibility index (Phi) is 4.31. The number of thioether (sulfide) groups is 1. The van der Waals surface area contributed by atoms with Crippen molar-refractivity contribution >= 4 is 23.1 Å². The molecule has 1 fully saturated rings. The molecule has 3 atom stereocenters. The van der Waals surface area contributed by atoms with Crippen LogP contribution in [0.15, 0.2) is 21.7 Å². The van der Waals surface area contributed by atoms with Crippen molar-refractivity contribution in [2.75, 3.05) is 0 Å². The summed E-state index contributed by atoms with van der Waals surface area (Å²) in [5.41, 5.74) is 0. The molecule has 1 aromatic rings. The maximum atomic E-state index is 9.19. The summed E-state index contributed by atoms with van der Waals surface area (Å²) in [5.74, 6) is 1.09. The van der Waals surface area contributed by atoms with Crippen LogP contribution < -0.4 is 0 Å². The predicted molar refractivity (Wildman–Crippen MR) is 70.7 cm³/mol. The van der Waals surface area contributed by atoms with Crippen molar-refractivity contribution in [3.05, 3.63) is 17.5 Å². The van der Waals surface area contributed by atoms with E-state index in [2.05, 4.69) is 30.5 Å². The van der Waals surface area contributed by atoms with Gasteiger partial charge in [-0.3, -0.25) is 0 Å². The van der Waals surface area contributed by atoms with Crippen molar-refractivity contribution in [2.45, 2.75) is 42.1 Å². The molecule has 1 nitrogen and oxygen atoms in total. The van der Waals surface area contributed by atoms with Crippen molar-refractivity contribution in [1.82, 2.24) is 0 Å². The summed E-state index contributed by atoms with van der Waals surface area (Å²) in [4.78, 5) is 0. The number of hydrogen-bond acceptors (Lipinski definition) is 3. The number of nitriles is 1. The lowest BCUT2D eigenvalue weighted by Crippen LogP contribution is -2.25. The van der Waals surface area contributed by atoms with E-state index in [9.17, 15) is 5.26 Å². The molecular weight excluding hydrogens is 234 g/mol. The molecule has 1 saturated carbocycles. The number of nitrogens with zero attached hydrogens (tertiary/aromatic N) is 1. The van der Waals surface area contributed by atoms with Crippen LogP contribution in [0, 0.1) is 23.2 Å². The molecular formula is C13H17NS2.